The van der Waals surface area contributed by atoms with E-state index >= 15 is 0 Å². The van der Waals surface area contributed by atoms with E-state index in [1.54, 1.807) is 0 Å². The number of benzene rings is 3. The minimum Gasteiger partial charge on any atom is -0.464 e. The molecule has 3 aromatic carbocycles. The van der Waals surface area contributed by atoms with E-state index in [1.807, 2.05) is 48.5 Å². The molecule has 0 unspecified atom stereocenters. The van der Waals surface area contributed by atoms with Crippen molar-refractivity contribution >= 4 is 16.9 Å². The van der Waals surface area contributed by atoms with Crippen LogP contribution in [-0.4, -0.2) is 51.2 Å². The first kappa shape index (κ1) is 26.6. The minimum atomic E-state index is -1.33. The van der Waals surface area contributed by atoms with Gasteiger partial charge in [-0.1, -0.05) is 48.5 Å². The molecule has 0 amide bonds. The molecule has 5 N–H and O–H groups in total. The highest BCUT2D eigenvalue weighted by molar-refractivity contribution is 5.86. The number of carbonyl (C=O) groups is 1. The summed E-state index contributed by atoms with van der Waals surface area (Å²) in [6.07, 6.45) is 4.62. The molecule has 37 heavy (non-hydrogen) atoms. The molecule has 4 aromatic rings. The van der Waals surface area contributed by atoms with Crippen molar-refractivity contribution in [3.63, 3.8) is 0 Å². The van der Waals surface area contributed by atoms with E-state index in [9.17, 15) is 20.1 Å². The second kappa shape index (κ2) is 12.2. The Balaban J connectivity index is 1.55. The largest absolute Gasteiger partial charge is 0.464 e. The van der Waals surface area contributed by atoms with Gasteiger partial charge in [0.1, 0.15) is 6.61 Å². The van der Waals surface area contributed by atoms with Crippen LogP contribution in [0.25, 0.3) is 16.6 Å². The molecule has 7 heteroatoms. The Hall–Kier alpha value is -3.49. The van der Waals surface area contributed by atoms with Gasteiger partial charge in [0, 0.05) is 23.7 Å². The van der Waals surface area contributed by atoms with Gasteiger partial charge >= 0.3 is 5.97 Å². The van der Waals surface area contributed by atoms with Crippen LogP contribution in [0.1, 0.15) is 28.7 Å². The molecule has 0 bridgehead atoms. The fraction of sp³-hybridized carbons (Fsp3) is 0.300. The molecule has 1 heterocycles. The fourth-order valence-electron chi connectivity index (χ4n) is 4.28. The number of ether oxygens (including phenoxy) is 1. The summed E-state index contributed by atoms with van der Waals surface area (Å²) in [6, 6.07) is 24.5. The van der Waals surface area contributed by atoms with Crippen LogP contribution in [0.15, 0.2) is 79.0 Å². The Morgan fingerprint density at radius 1 is 0.838 bits per heavy atom. The van der Waals surface area contributed by atoms with Gasteiger partial charge in [-0.2, -0.15) is 0 Å². The van der Waals surface area contributed by atoms with Gasteiger partial charge in [0.05, 0.1) is 30.9 Å². The van der Waals surface area contributed by atoms with Crippen molar-refractivity contribution in [2.24, 2.45) is 5.73 Å². The van der Waals surface area contributed by atoms with Crippen molar-refractivity contribution in [2.45, 2.75) is 37.8 Å². The Morgan fingerprint density at radius 2 is 1.54 bits per heavy atom. The van der Waals surface area contributed by atoms with Crippen molar-refractivity contribution < 1.29 is 24.9 Å². The smallest absolute Gasteiger partial charge is 0.306 e. The molecule has 0 spiro atoms. The Kier molecular flexibility index (Phi) is 8.74. The second-order valence-electron chi connectivity index (χ2n) is 9.53. The van der Waals surface area contributed by atoms with Crippen LogP contribution in [0.2, 0.25) is 0 Å². The molecule has 0 aliphatic rings. The van der Waals surface area contributed by atoms with Crippen molar-refractivity contribution in [3.8, 4) is 5.69 Å². The van der Waals surface area contributed by atoms with E-state index in [2.05, 4.69) is 35.0 Å². The van der Waals surface area contributed by atoms with E-state index in [1.165, 1.54) is 11.1 Å². The molecule has 194 valence electrons. The van der Waals surface area contributed by atoms with Gasteiger partial charge in [0.15, 0.2) is 0 Å². The molecule has 0 saturated heterocycles. The van der Waals surface area contributed by atoms with Crippen LogP contribution < -0.4 is 5.73 Å². The third-order valence-electron chi connectivity index (χ3n) is 6.64. The lowest BCUT2D eigenvalue weighted by atomic mass is 10.0. The number of carbonyl (C=O) groups excluding carboxylic acids is 1. The number of aromatic nitrogens is 1. The average Bonchev–Trinajstić information content (AvgIpc) is 3.32. The summed E-state index contributed by atoms with van der Waals surface area (Å²) in [7, 11) is 0. The highest BCUT2D eigenvalue weighted by Gasteiger charge is 2.25. The van der Waals surface area contributed by atoms with E-state index in [4.69, 9.17) is 10.5 Å². The minimum absolute atomic E-state index is 0.00703. The molecule has 0 radical (unpaired) electrons. The number of hydrogen-bond acceptors (Lipinski definition) is 6. The maximum Gasteiger partial charge on any atom is 0.306 e. The molecular weight excluding hydrogens is 468 g/mol. The van der Waals surface area contributed by atoms with Crippen molar-refractivity contribution in [2.75, 3.05) is 19.8 Å². The zero-order valence-electron chi connectivity index (χ0n) is 20.8. The lowest BCUT2D eigenvalue weighted by molar-refractivity contribution is -0.146. The van der Waals surface area contributed by atoms with Crippen molar-refractivity contribution in [1.82, 2.24) is 4.57 Å². The summed E-state index contributed by atoms with van der Waals surface area (Å²) in [6.45, 7) is -1.18. The van der Waals surface area contributed by atoms with Crippen LogP contribution in [-0.2, 0) is 35.4 Å². The summed E-state index contributed by atoms with van der Waals surface area (Å²) in [5.74, 6) is -0.428. The topological polar surface area (TPSA) is 118 Å². The van der Waals surface area contributed by atoms with E-state index in [0.29, 0.717) is 6.42 Å². The third kappa shape index (κ3) is 6.64. The molecule has 0 aliphatic carbocycles. The molecular formula is C30H34N2O5. The summed E-state index contributed by atoms with van der Waals surface area (Å²) < 4.78 is 7.35. The maximum atomic E-state index is 12.3. The quantitative estimate of drug-likeness (QED) is 0.221. The number of nitrogens with two attached hydrogens (primary N) is 1. The Labute approximate surface area is 216 Å². The number of rotatable bonds is 12. The molecule has 0 aliphatic heterocycles. The lowest BCUT2D eigenvalue weighted by Crippen LogP contribution is -2.51. The molecule has 0 atom stereocenters. The van der Waals surface area contributed by atoms with Crippen LogP contribution >= 0.6 is 0 Å². The van der Waals surface area contributed by atoms with Crippen LogP contribution in [0, 0.1) is 0 Å². The van der Waals surface area contributed by atoms with Crippen molar-refractivity contribution in [1.29, 1.82) is 0 Å². The number of aliphatic hydroxyl groups excluding tert-OH is 3. The van der Waals surface area contributed by atoms with Crippen molar-refractivity contribution in [3.05, 3.63) is 101 Å². The first-order valence-corrected chi connectivity index (χ1v) is 12.5. The van der Waals surface area contributed by atoms with Crippen LogP contribution in [0.5, 0.6) is 0 Å². The molecule has 1 aromatic heterocycles. The van der Waals surface area contributed by atoms with E-state index in [0.717, 1.165) is 40.6 Å². The van der Waals surface area contributed by atoms with Crippen LogP contribution in [0.4, 0.5) is 0 Å². The number of fused-ring (bicyclic) bond motifs is 1. The summed E-state index contributed by atoms with van der Waals surface area (Å²) in [5.41, 5.74) is 10.9. The Bertz CT molecular complexity index is 1310. The number of aryl methyl sites for hydroxylation is 3. The standard InChI is InChI=1S/C30H34N2O5/c31-30(19-34,20-35)21-37-29(36)15-10-23-9-14-28-27(16-23)25(11-6-22-4-2-1-3-5-22)17-32(28)26-12-7-24(18-33)8-13-26/h1-5,7-9,12-14,16-17,33-35H,6,10-11,15,18-21,31H2. The highest BCUT2D eigenvalue weighted by Crippen LogP contribution is 2.28. The van der Waals surface area contributed by atoms with Crippen LogP contribution in [0.3, 0.4) is 0 Å². The monoisotopic (exact) mass is 502 g/mol. The van der Waals surface area contributed by atoms with E-state index in [-0.39, 0.29) is 19.6 Å². The van der Waals surface area contributed by atoms with Gasteiger partial charge in [-0.3, -0.25) is 4.79 Å². The fourth-order valence-corrected chi connectivity index (χ4v) is 4.28. The zero-order chi connectivity index (χ0) is 26.3. The predicted molar refractivity (Wildman–Crippen MR) is 143 cm³/mol. The van der Waals surface area contributed by atoms with Gasteiger partial charge in [-0.15, -0.1) is 0 Å². The number of esters is 1. The summed E-state index contributed by atoms with van der Waals surface area (Å²) in [4.78, 5) is 12.3. The SMILES string of the molecule is NC(CO)(CO)COC(=O)CCc1ccc2c(c1)c(CCc1ccccc1)cn2-c1ccc(CO)cc1. The highest BCUT2D eigenvalue weighted by atomic mass is 16.5. The lowest BCUT2D eigenvalue weighted by Gasteiger charge is -2.23. The average molecular weight is 503 g/mol. The van der Waals surface area contributed by atoms with E-state index < -0.39 is 24.7 Å². The summed E-state index contributed by atoms with van der Waals surface area (Å²) >= 11 is 0. The Morgan fingerprint density at radius 3 is 2.22 bits per heavy atom. The molecule has 7 nitrogen and oxygen atoms in total. The number of nitrogens with zero attached hydrogens (tertiary/aromatic N) is 1. The second-order valence-corrected chi connectivity index (χ2v) is 9.53. The molecule has 0 saturated carbocycles. The van der Waals surface area contributed by atoms with Gasteiger partial charge in [-0.25, -0.2) is 0 Å². The molecule has 0 fully saturated rings. The van der Waals surface area contributed by atoms with Gasteiger partial charge in [-0.05, 0) is 65.8 Å². The van der Waals surface area contributed by atoms with Gasteiger partial charge in [0.25, 0.3) is 0 Å². The normalized spacial score (nSPS) is 11.7. The van der Waals surface area contributed by atoms with Gasteiger partial charge < -0.3 is 30.4 Å². The number of aliphatic hydroxyl groups is 3. The first-order chi connectivity index (χ1) is 17.9. The maximum absolute atomic E-state index is 12.3. The summed E-state index contributed by atoms with van der Waals surface area (Å²) in [5, 5.41) is 29.1. The third-order valence-corrected chi connectivity index (χ3v) is 6.64. The first-order valence-electron chi connectivity index (χ1n) is 12.5. The number of hydrogen-bond donors (Lipinski definition) is 4. The zero-order valence-corrected chi connectivity index (χ0v) is 20.8. The molecule has 4 rings (SSSR count). The van der Waals surface area contributed by atoms with Gasteiger partial charge in [0.2, 0.25) is 0 Å². The predicted octanol–water partition coefficient (Wildman–Crippen LogP) is 3.07.